The number of para-hydroxylation sites is 1. The number of anilines is 1. The van der Waals surface area contributed by atoms with Gasteiger partial charge in [-0.1, -0.05) is 47.5 Å². The second-order valence-electron chi connectivity index (χ2n) is 5.87. The number of esters is 1. The Bertz CT molecular complexity index is 1060. The molecule has 1 heterocycles. The van der Waals surface area contributed by atoms with E-state index in [2.05, 4.69) is 10.4 Å². The van der Waals surface area contributed by atoms with Crippen molar-refractivity contribution < 1.29 is 14.3 Å². The molecule has 3 aromatic rings. The van der Waals surface area contributed by atoms with Gasteiger partial charge in [-0.05, 0) is 42.8 Å². The third-order valence-electron chi connectivity index (χ3n) is 3.88. The van der Waals surface area contributed by atoms with Crippen LogP contribution in [0.25, 0.3) is 11.8 Å². The summed E-state index contributed by atoms with van der Waals surface area (Å²) in [7, 11) is 0. The van der Waals surface area contributed by atoms with Gasteiger partial charge in [0.2, 0.25) is 5.91 Å². The monoisotopic (exact) mass is 429 g/mol. The molecule has 0 radical (unpaired) electrons. The zero-order chi connectivity index (χ0) is 20.8. The maximum absolute atomic E-state index is 12.5. The fourth-order valence-corrected chi connectivity index (χ4v) is 2.84. The molecule has 1 N–H and O–H groups in total. The number of nitrogens with zero attached hydrogens (tertiary/aromatic N) is 2. The van der Waals surface area contributed by atoms with Crippen LogP contribution in [0.3, 0.4) is 0 Å². The van der Waals surface area contributed by atoms with Crippen LogP contribution in [-0.4, -0.2) is 28.3 Å². The maximum atomic E-state index is 12.5. The van der Waals surface area contributed by atoms with Crippen LogP contribution in [0, 0.1) is 0 Å². The van der Waals surface area contributed by atoms with E-state index in [0.29, 0.717) is 21.3 Å². The highest BCUT2D eigenvalue weighted by molar-refractivity contribution is 6.42. The Hall–Kier alpha value is -3.09. The molecular formula is C21H17Cl2N3O3. The summed E-state index contributed by atoms with van der Waals surface area (Å²) in [6, 6.07) is 14.2. The molecule has 0 aliphatic rings. The molecule has 0 aliphatic heterocycles. The zero-order valence-corrected chi connectivity index (χ0v) is 16.9. The largest absolute Gasteiger partial charge is 0.462 e. The lowest BCUT2D eigenvalue weighted by molar-refractivity contribution is -0.111. The van der Waals surface area contributed by atoms with Crippen molar-refractivity contribution in [2.45, 2.75) is 6.92 Å². The smallest absolute Gasteiger partial charge is 0.343 e. The van der Waals surface area contributed by atoms with E-state index < -0.39 is 11.9 Å². The van der Waals surface area contributed by atoms with Gasteiger partial charge in [0, 0.05) is 6.08 Å². The van der Waals surface area contributed by atoms with Crippen molar-refractivity contribution in [3.63, 3.8) is 0 Å². The minimum atomic E-state index is -0.571. The molecule has 0 spiro atoms. The van der Waals surface area contributed by atoms with Crippen LogP contribution < -0.4 is 5.32 Å². The Morgan fingerprint density at radius 1 is 1.14 bits per heavy atom. The fraction of sp³-hybridized carbons (Fsp3) is 0.0952. The number of hydrogen-bond acceptors (Lipinski definition) is 4. The predicted octanol–water partition coefficient (Wildman–Crippen LogP) is 5.01. The Labute approximate surface area is 177 Å². The molecular weight excluding hydrogens is 413 g/mol. The first-order valence-electron chi connectivity index (χ1n) is 8.74. The van der Waals surface area contributed by atoms with Gasteiger partial charge in [0.1, 0.15) is 5.56 Å². The van der Waals surface area contributed by atoms with E-state index in [9.17, 15) is 9.59 Å². The Morgan fingerprint density at radius 3 is 2.59 bits per heavy atom. The standard InChI is InChI=1S/C21H17Cl2N3O3/c1-2-29-21(28)16-13-24-26(15-6-4-3-5-7-15)20(16)25-19(27)11-9-14-8-10-17(22)18(23)12-14/h3-13H,2H2,1H3,(H,25,27)/b11-9+. The van der Waals surface area contributed by atoms with Crippen molar-refractivity contribution in [1.82, 2.24) is 9.78 Å². The average Bonchev–Trinajstić information content (AvgIpc) is 3.13. The molecule has 8 heteroatoms. The summed E-state index contributed by atoms with van der Waals surface area (Å²) in [5.74, 6) is -0.795. The molecule has 0 unspecified atom stereocenters. The van der Waals surface area contributed by atoms with Crippen LogP contribution in [0.2, 0.25) is 10.0 Å². The van der Waals surface area contributed by atoms with Gasteiger partial charge in [0.15, 0.2) is 5.82 Å². The number of carbonyl (C=O) groups excluding carboxylic acids is 2. The fourth-order valence-electron chi connectivity index (χ4n) is 2.54. The summed E-state index contributed by atoms with van der Waals surface area (Å²) in [6.45, 7) is 1.91. The van der Waals surface area contributed by atoms with Gasteiger partial charge in [0.25, 0.3) is 0 Å². The number of amides is 1. The average molecular weight is 430 g/mol. The summed E-state index contributed by atoms with van der Waals surface area (Å²) < 4.78 is 6.53. The minimum Gasteiger partial charge on any atom is -0.462 e. The number of hydrogen-bond donors (Lipinski definition) is 1. The third kappa shape index (κ3) is 5.04. The highest BCUT2D eigenvalue weighted by atomic mass is 35.5. The highest BCUT2D eigenvalue weighted by Crippen LogP contribution is 2.24. The number of nitrogens with one attached hydrogen (secondary N) is 1. The normalized spacial score (nSPS) is 10.9. The number of halogens is 2. The van der Waals surface area contributed by atoms with Crippen molar-refractivity contribution in [3.8, 4) is 5.69 Å². The van der Waals surface area contributed by atoms with Gasteiger partial charge < -0.3 is 10.1 Å². The molecule has 29 heavy (non-hydrogen) atoms. The summed E-state index contributed by atoms with van der Waals surface area (Å²) in [4.78, 5) is 24.8. The van der Waals surface area contributed by atoms with E-state index in [4.69, 9.17) is 27.9 Å². The molecule has 0 fully saturated rings. The van der Waals surface area contributed by atoms with E-state index >= 15 is 0 Å². The summed E-state index contributed by atoms with van der Waals surface area (Å²) >= 11 is 11.9. The summed E-state index contributed by atoms with van der Waals surface area (Å²) in [5, 5.41) is 7.75. The molecule has 0 bridgehead atoms. The Morgan fingerprint density at radius 2 is 1.90 bits per heavy atom. The van der Waals surface area contributed by atoms with Crippen LogP contribution in [-0.2, 0) is 9.53 Å². The molecule has 0 atom stereocenters. The number of carbonyl (C=O) groups is 2. The first-order valence-corrected chi connectivity index (χ1v) is 9.50. The van der Waals surface area contributed by atoms with Gasteiger partial charge in [0.05, 0.1) is 28.5 Å². The van der Waals surface area contributed by atoms with E-state index in [-0.39, 0.29) is 18.0 Å². The quantitative estimate of drug-likeness (QED) is 0.441. The lowest BCUT2D eigenvalue weighted by Crippen LogP contribution is -2.16. The SMILES string of the molecule is CCOC(=O)c1cnn(-c2ccccc2)c1NC(=O)/C=C/c1ccc(Cl)c(Cl)c1. The molecule has 0 saturated heterocycles. The molecule has 1 amide bonds. The molecule has 3 rings (SSSR count). The van der Waals surface area contributed by atoms with Gasteiger partial charge in [-0.3, -0.25) is 4.79 Å². The first-order chi connectivity index (χ1) is 14.0. The lowest BCUT2D eigenvalue weighted by Gasteiger charge is -2.10. The molecule has 1 aromatic heterocycles. The summed E-state index contributed by atoms with van der Waals surface area (Å²) in [5.41, 5.74) is 1.55. The van der Waals surface area contributed by atoms with Crippen molar-refractivity contribution in [2.75, 3.05) is 11.9 Å². The Kier molecular flexibility index (Phi) is 6.69. The van der Waals surface area contributed by atoms with E-state index in [1.165, 1.54) is 17.0 Å². The maximum Gasteiger partial charge on any atom is 0.343 e. The number of aromatic nitrogens is 2. The van der Waals surface area contributed by atoms with E-state index in [1.807, 2.05) is 30.3 Å². The summed E-state index contributed by atoms with van der Waals surface area (Å²) in [6.07, 6.45) is 4.28. The molecule has 148 valence electrons. The predicted molar refractivity (Wildman–Crippen MR) is 114 cm³/mol. The van der Waals surface area contributed by atoms with Gasteiger partial charge >= 0.3 is 5.97 Å². The van der Waals surface area contributed by atoms with Crippen molar-refractivity contribution in [3.05, 3.63) is 82.0 Å². The first kappa shape index (κ1) is 20.6. The number of benzene rings is 2. The Balaban J connectivity index is 1.88. The van der Waals surface area contributed by atoms with Crippen molar-refractivity contribution in [2.24, 2.45) is 0 Å². The van der Waals surface area contributed by atoms with Gasteiger partial charge in [-0.25, -0.2) is 9.48 Å². The lowest BCUT2D eigenvalue weighted by atomic mass is 10.2. The molecule has 0 aliphatic carbocycles. The number of rotatable bonds is 6. The topological polar surface area (TPSA) is 73.2 Å². The van der Waals surface area contributed by atoms with Crippen LogP contribution in [0.15, 0.2) is 60.8 Å². The van der Waals surface area contributed by atoms with Crippen molar-refractivity contribution in [1.29, 1.82) is 0 Å². The highest BCUT2D eigenvalue weighted by Gasteiger charge is 2.20. The van der Waals surface area contributed by atoms with Gasteiger partial charge in [-0.2, -0.15) is 5.10 Å². The van der Waals surface area contributed by atoms with Gasteiger partial charge in [-0.15, -0.1) is 0 Å². The van der Waals surface area contributed by atoms with Crippen LogP contribution in [0.1, 0.15) is 22.8 Å². The van der Waals surface area contributed by atoms with Crippen LogP contribution in [0.4, 0.5) is 5.82 Å². The number of ether oxygens (including phenoxy) is 1. The molecule has 2 aromatic carbocycles. The van der Waals surface area contributed by atoms with Crippen LogP contribution >= 0.6 is 23.2 Å². The van der Waals surface area contributed by atoms with E-state index in [0.717, 1.165) is 0 Å². The minimum absolute atomic E-state index is 0.159. The second-order valence-corrected chi connectivity index (χ2v) is 6.69. The molecule has 6 nitrogen and oxygen atoms in total. The third-order valence-corrected chi connectivity index (χ3v) is 4.62. The second kappa shape index (κ2) is 9.41. The van der Waals surface area contributed by atoms with Crippen molar-refractivity contribution >= 4 is 47.0 Å². The van der Waals surface area contributed by atoms with E-state index in [1.54, 1.807) is 31.2 Å². The van der Waals surface area contributed by atoms with Crippen LogP contribution in [0.5, 0.6) is 0 Å². The molecule has 0 saturated carbocycles. The zero-order valence-electron chi connectivity index (χ0n) is 15.4.